The summed E-state index contributed by atoms with van der Waals surface area (Å²) in [6.45, 7) is 26.4. The summed E-state index contributed by atoms with van der Waals surface area (Å²) in [5.74, 6) is 0.321. The maximum atomic E-state index is 14.2. The van der Waals surface area contributed by atoms with Gasteiger partial charge in [-0.1, -0.05) is 92.6 Å². The summed E-state index contributed by atoms with van der Waals surface area (Å²) in [7, 11) is 4.07. The van der Waals surface area contributed by atoms with Gasteiger partial charge in [0.25, 0.3) is 0 Å². The second-order valence-electron chi connectivity index (χ2n) is 23.6. The molecule has 0 aromatic heterocycles. The van der Waals surface area contributed by atoms with Crippen LogP contribution in [-0.2, 0) is 35.3 Å². The summed E-state index contributed by atoms with van der Waals surface area (Å²) in [6.07, 6.45) is 8.53. The van der Waals surface area contributed by atoms with Gasteiger partial charge in [0.2, 0.25) is 5.91 Å². The minimum atomic E-state index is -0.774. The molecule has 1 aromatic carbocycles. The first-order chi connectivity index (χ1) is 28.4. The average molecular weight is 842 g/mol. The molecule has 6 aliphatic rings. The van der Waals surface area contributed by atoms with E-state index in [1.165, 1.54) is 5.57 Å². The van der Waals surface area contributed by atoms with Gasteiger partial charge in [-0.15, -0.1) is 0 Å². The highest BCUT2D eigenvalue weighted by Crippen LogP contribution is 2.76. The molecule has 0 spiro atoms. The molecule has 0 bridgehead atoms. The molecule has 1 amide bonds. The van der Waals surface area contributed by atoms with Gasteiger partial charge in [0.1, 0.15) is 12.7 Å². The molecule has 6 aliphatic carbocycles. The zero-order valence-corrected chi connectivity index (χ0v) is 40.0. The van der Waals surface area contributed by atoms with Crippen molar-refractivity contribution in [1.29, 1.82) is 0 Å². The Morgan fingerprint density at radius 1 is 0.820 bits per heavy atom. The van der Waals surface area contributed by atoms with E-state index in [2.05, 4.69) is 64.0 Å². The Bertz CT molecular complexity index is 1920. The van der Waals surface area contributed by atoms with Crippen molar-refractivity contribution >= 4 is 23.6 Å². The van der Waals surface area contributed by atoms with Crippen LogP contribution in [0.2, 0.25) is 0 Å². The Morgan fingerprint density at radius 2 is 1.49 bits per heavy atom. The first-order valence-electron chi connectivity index (χ1n) is 23.8. The Labute approximate surface area is 367 Å². The summed E-state index contributed by atoms with van der Waals surface area (Å²) < 4.78 is 12.3. The predicted octanol–water partition coefficient (Wildman–Crippen LogP) is 9.08. The third kappa shape index (κ3) is 7.45. The second-order valence-corrected chi connectivity index (χ2v) is 23.6. The van der Waals surface area contributed by atoms with Gasteiger partial charge in [0.15, 0.2) is 5.78 Å². The molecule has 9 nitrogen and oxygen atoms in total. The van der Waals surface area contributed by atoms with Crippen LogP contribution < -0.4 is 10.6 Å². The van der Waals surface area contributed by atoms with E-state index in [1.54, 1.807) is 0 Å². The molecule has 1 aromatic rings. The lowest BCUT2D eigenvalue weighted by Crippen LogP contribution is -2.68. The Hall–Kier alpha value is -3.04. The van der Waals surface area contributed by atoms with Gasteiger partial charge in [-0.2, -0.15) is 0 Å². The number of Topliss-reactive ketones (excluding diaryl/α,β-unsaturated/α-hetero) is 1. The molecule has 0 unspecified atom stereocenters. The number of esters is 2. The van der Waals surface area contributed by atoms with Crippen molar-refractivity contribution in [3.63, 3.8) is 0 Å². The SMILES string of the molecule is CC(C)C1=C2[C@H]3CC[C@@H]4[C@@]5(C)CC[C@H](OC(=O)[C@H]6C[C@@H](C(=O)OCc7ccccc7)C6(C)C)C(C)(C)[C@@H]5CC[C@@]4(C)[C@]3(C)CC[C@@]2(NC(=O)C(C)(C)NCCN(C)C)CC1=O. The average Bonchev–Trinajstić information content (AvgIpc) is 3.46. The number of hydrogen-bond acceptors (Lipinski definition) is 8. The molecule has 10 atom stereocenters. The highest BCUT2D eigenvalue weighted by Gasteiger charge is 2.71. The van der Waals surface area contributed by atoms with Crippen molar-refractivity contribution in [2.45, 2.75) is 164 Å². The lowest BCUT2D eigenvalue weighted by Gasteiger charge is -2.72. The molecule has 0 heterocycles. The van der Waals surface area contributed by atoms with Crippen LogP contribution in [0.25, 0.3) is 0 Å². The molecular weight excluding hydrogens is 763 g/mol. The predicted molar refractivity (Wildman–Crippen MR) is 240 cm³/mol. The molecule has 2 N–H and O–H groups in total. The van der Waals surface area contributed by atoms with Crippen LogP contribution in [0.15, 0.2) is 41.5 Å². The van der Waals surface area contributed by atoms with Gasteiger partial charge in [0, 0.05) is 24.9 Å². The van der Waals surface area contributed by atoms with Crippen LogP contribution in [0.5, 0.6) is 0 Å². The Balaban J connectivity index is 1.07. The Kier molecular flexibility index (Phi) is 12.0. The first kappa shape index (κ1) is 46.0. The van der Waals surface area contributed by atoms with Gasteiger partial charge in [-0.25, -0.2) is 0 Å². The third-order valence-corrected chi connectivity index (χ3v) is 18.7. The fraction of sp³-hybridized carbons (Fsp3) is 0.769. The number of likely N-dealkylation sites (N-methyl/N-ethyl adjacent to an activating group) is 1. The largest absolute Gasteiger partial charge is 0.462 e. The monoisotopic (exact) mass is 842 g/mol. The highest BCUT2D eigenvalue weighted by atomic mass is 16.5. The minimum Gasteiger partial charge on any atom is -0.462 e. The summed E-state index contributed by atoms with van der Waals surface area (Å²) in [5, 5.41) is 7.08. The number of amides is 1. The maximum absolute atomic E-state index is 14.2. The molecule has 338 valence electrons. The number of rotatable bonds is 12. The fourth-order valence-electron chi connectivity index (χ4n) is 14.8. The number of allylic oxidation sites excluding steroid dienone is 1. The number of hydrogen-bond donors (Lipinski definition) is 2. The van der Waals surface area contributed by atoms with E-state index in [4.69, 9.17) is 9.47 Å². The number of ether oxygens (including phenoxy) is 2. The third-order valence-electron chi connectivity index (χ3n) is 18.7. The smallest absolute Gasteiger partial charge is 0.309 e. The second kappa shape index (κ2) is 15.9. The quantitative estimate of drug-likeness (QED) is 0.201. The molecule has 9 heteroatoms. The van der Waals surface area contributed by atoms with E-state index in [1.807, 2.05) is 72.1 Å². The number of benzene rings is 1. The standard InChI is InChI=1S/C52H79N3O6/c1-32(2)41-37(56)30-52(54-45(59)48(7,8)53-27-28-55(12)13)26-25-50(10)34(42(41)52)19-20-39-49(9)23-22-40(47(5,6)38(49)21-24-51(39,50)11)61-44(58)36-29-35(46(36,3)4)43(57)60-31-33-17-15-14-16-18-33/h14-18,32,34-36,38-40,53H,19-31H2,1-13H3,(H,54,59)/t34-,35+,36-,38+,39-,40+,49+,50-,51-,52-/m1/s1. The number of nitrogens with zero attached hydrogens (tertiary/aromatic N) is 1. The summed E-state index contributed by atoms with van der Waals surface area (Å²) in [5.41, 5.74) is 1.12. The van der Waals surface area contributed by atoms with E-state index in [-0.39, 0.29) is 81.7 Å². The van der Waals surface area contributed by atoms with Crippen molar-refractivity contribution in [1.82, 2.24) is 15.5 Å². The van der Waals surface area contributed by atoms with Crippen molar-refractivity contribution < 1.29 is 28.7 Å². The van der Waals surface area contributed by atoms with Gasteiger partial charge in [-0.3, -0.25) is 19.2 Å². The van der Waals surface area contributed by atoms with Crippen LogP contribution in [0.4, 0.5) is 0 Å². The Morgan fingerprint density at radius 3 is 2.13 bits per heavy atom. The molecule has 7 rings (SSSR count). The fourth-order valence-corrected chi connectivity index (χ4v) is 14.8. The van der Waals surface area contributed by atoms with Crippen LogP contribution >= 0.6 is 0 Å². The number of carbonyl (C=O) groups is 4. The molecule has 0 radical (unpaired) electrons. The van der Waals surface area contributed by atoms with E-state index in [0.29, 0.717) is 31.2 Å². The zero-order chi connectivity index (χ0) is 44.7. The highest BCUT2D eigenvalue weighted by molar-refractivity contribution is 6.02. The molecule has 0 aliphatic heterocycles. The molecule has 0 saturated heterocycles. The van der Waals surface area contributed by atoms with Crippen molar-refractivity contribution in [3.8, 4) is 0 Å². The van der Waals surface area contributed by atoms with E-state index < -0.39 is 16.5 Å². The van der Waals surface area contributed by atoms with Crippen LogP contribution in [0, 0.1) is 62.6 Å². The molecular formula is C52H79N3O6. The van der Waals surface area contributed by atoms with Crippen LogP contribution in [-0.4, -0.2) is 72.9 Å². The van der Waals surface area contributed by atoms with Gasteiger partial charge in [0.05, 0.1) is 22.9 Å². The van der Waals surface area contributed by atoms with Crippen LogP contribution in [0.1, 0.15) is 146 Å². The number of fused-ring (bicyclic) bond motifs is 7. The summed E-state index contributed by atoms with van der Waals surface area (Å²) >= 11 is 0. The van der Waals surface area contributed by atoms with Crippen LogP contribution in [0.3, 0.4) is 0 Å². The summed E-state index contributed by atoms with van der Waals surface area (Å²) in [4.78, 5) is 57.7. The molecule has 5 fully saturated rings. The lowest BCUT2D eigenvalue weighted by atomic mass is 9.33. The zero-order valence-electron chi connectivity index (χ0n) is 40.0. The first-order valence-corrected chi connectivity index (χ1v) is 23.8. The van der Waals surface area contributed by atoms with E-state index in [0.717, 1.165) is 69.0 Å². The van der Waals surface area contributed by atoms with Gasteiger partial charge < -0.3 is 25.0 Å². The normalized spacial score (nSPS) is 37.5. The van der Waals surface area contributed by atoms with Crippen molar-refractivity contribution in [2.75, 3.05) is 27.2 Å². The van der Waals surface area contributed by atoms with Gasteiger partial charge in [-0.05, 0) is 148 Å². The van der Waals surface area contributed by atoms with E-state index in [9.17, 15) is 19.2 Å². The van der Waals surface area contributed by atoms with Crippen molar-refractivity contribution in [3.05, 3.63) is 47.0 Å². The molecule has 5 saturated carbocycles. The van der Waals surface area contributed by atoms with E-state index >= 15 is 0 Å². The lowest BCUT2D eigenvalue weighted by molar-refractivity contribution is -0.235. The minimum absolute atomic E-state index is 0.0280. The topological polar surface area (TPSA) is 114 Å². The maximum Gasteiger partial charge on any atom is 0.309 e. The van der Waals surface area contributed by atoms with Crippen molar-refractivity contribution in [2.24, 2.45) is 62.6 Å². The number of nitrogens with one attached hydrogen (secondary N) is 2. The number of carbonyl (C=O) groups excluding carboxylic acids is 4. The van der Waals surface area contributed by atoms with Gasteiger partial charge >= 0.3 is 11.9 Å². The number of ketones is 1. The summed E-state index contributed by atoms with van der Waals surface area (Å²) in [6, 6.07) is 9.72. The molecule has 61 heavy (non-hydrogen) atoms.